The van der Waals surface area contributed by atoms with Crippen LogP contribution < -0.4 is 5.32 Å². The molecule has 1 aliphatic heterocycles. The van der Waals surface area contributed by atoms with E-state index in [1.807, 2.05) is 6.07 Å². The van der Waals surface area contributed by atoms with Crippen molar-refractivity contribution in [3.63, 3.8) is 0 Å². The lowest BCUT2D eigenvalue weighted by molar-refractivity contribution is 0.327. The van der Waals surface area contributed by atoms with Crippen molar-refractivity contribution in [1.29, 1.82) is 0 Å². The molecule has 1 N–H and O–H groups in total. The van der Waals surface area contributed by atoms with Crippen LogP contribution in [0.15, 0.2) is 16.7 Å². The van der Waals surface area contributed by atoms with E-state index in [9.17, 15) is 0 Å². The van der Waals surface area contributed by atoms with Crippen LogP contribution in [0.25, 0.3) is 0 Å². The van der Waals surface area contributed by atoms with E-state index in [0.29, 0.717) is 11.1 Å². The number of hydrogen-bond acceptors (Lipinski definition) is 3. The molecule has 5 heteroatoms. The van der Waals surface area contributed by atoms with E-state index in [-0.39, 0.29) is 0 Å². The normalized spacial score (nSPS) is 18.3. The van der Waals surface area contributed by atoms with E-state index in [1.165, 1.54) is 25.9 Å². The highest BCUT2D eigenvalue weighted by molar-refractivity contribution is 9.10. The third kappa shape index (κ3) is 3.83. The van der Waals surface area contributed by atoms with Gasteiger partial charge in [-0.2, -0.15) is 0 Å². The standard InChI is InChI=1S/C12H17BrClN3/c1-9(8-17-4-2-3-5-17)16-12-11(14)6-10(13)7-15-12/h6-7,9H,2-5,8H2,1H3,(H,15,16). The van der Waals surface area contributed by atoms with Gasteiger partial charge in [-0.05, 0) is 54.9 Å². The highest BCUT2D eigenvalue weighted by atomic mass is 79.9. The molecule has 1 unspecified atom stereocenters. The molecule has 94 valence electrons. The Balaban J connectivity index is 1.90. The van der Waals surface area contributed by atoms with Gasteiger partial charge in [0.25, 0.3) is 0 Å². The quantitative estimate of drug-likeness (QED) is 0.922. The van der Waals surface area contributed by atoms with Crippen molar-refractivity contribution < 1.29 is 0 Å². The molecular formula is C12H17BrClN3. The Hall–Kier alpha value is -0.320. The van der Waals surface area contributed by atoms with Gasteiger partial charge in [-0.15, -0.1) is 0 Å². The predicted molar refractivity (Wildman–Crippen MR) is 75.7 cm³/mol. The third-order valence-corrected chi connectivity index (χ3v) is 3.64. The van der Waals surface area contributed by atoms with Crippen molar-refractivity contribution in [3.05, 3.63) is 21.8 Å². The number of halogens is 2. The van der Waals surface area contributed by atoms with Gasteiger partial charge in [0.15, 0.2) is 0 Å². The van der Waals surface area contributed by atoms with Crippen LogP contribution in [-0.2, 0) is 0 Å². The lowest BCUT2D eigenvalue weighted by Gasteiger charge is -2.22. The summed E-state index contributed by atoms with van der Waals surface area (Å²) in [6, 6.07) is 2.22. The average molecular weight is 319 g/mol. The van der Waals surface area contributed by atoms with E-state index in [2.05, 4.69) is 38.1 Å². The molecule has 0 bridgehead atoms. The lowest BCUT2D eigenvalue weighted by atomic mass is 10.3. The summed E-state index contributed by atoms with van der Waals surface area (Å²) in [5.41, 5.74) is 0. The molecule has 0 radical (unpaired) electrons. The molecule has 0 spiro atoms. The van der Waals surface area contributed by atoms with Crippen LogP contribution in [-0.4, -0.2) is 35.6 Å². The topological polar surface area (TPSA) is 28.2 Å². The van der Waals surface area contributed by atoms with E-state index < -0.39 is 0 Å². The number of anilines is 1. The first-order valence-corrected chi connectivity index (χ1v) is 7.12. The maximum absolute atomic E-state index is 6.12. The fourth-order valence-electron chi connectivity index (χ4n) is 2.15. The molecule has 1 saturated heterocycles. The number of likely N-dealkylation sites (tertiary alicyclic amines) is 1. The molecule has 2 heterocycles. The lowest BCUT2D eigenvalue weighted by Crippen LogP contribution is -2.33. The summed E-state index contributed by atoms with van der Waals surface area (Å²) >= 11 is 9.47. The fraction of sp³-hybridized carbons (Fsp3) is 0.583. The first-order chi connectivity index (χ1) is 8.15. The van der Waals surface area contributed by atoms with E-state index in [1.54, 1.807) is 6.20 Å². The number of pyridine rings is 1. The van der Waals surface area contributed by atoms with Gasteiger partial charge < -0.3 is 10.2 Å². The zero-order chi connectivity index (χ0) is 12.3. The Labute approximate surface area is 116 Å². The Bertz CT molecular complexity index is 380. The molecule has 1 aromatic rings. The zero-order valence-electron chi connectivity index (χ0n) is 9.92. The largest absolute Gasteiger partial charge is 0.365 e. The summed E-state index contributed by atoms with van der Waals surface area (Å²) in [4.78, 5) is 6.76. The molecule has 0 aliphatic carbocycles. The van der Waals surface area contributed by atoms with Crippen LogP contribution in [0.2, 0.25) is 5.02 Å². The molecule has 0 amide bonds. The summed E-state index contributed by atoms with van der Waals surface area (Å²) in [6.07, 6.45) is 4.41. The SMILES string of the molecule is CC(CN1CCCC1)Nc1ncc(Br)cc1Cl. The van der Waals surface area contributed by atoms with Crippen LogP contribution in [0.5, 0.6) is 0 Å². The van der Waals surface area contributed by atoms with Crippen molar-refractivity contribution in [2.24, 2.45) is 0 Å². The fourth-order valence-corrected chi connectivity index (χ4v) is 2.84. The Morgan fingerprint density at radius 2 is 2.24 bits per heavy atom. The summed E-state index contributed by atoms with van der Waals surface area (Å²) in [7, 11) is 0. The van der Waals surface area contributed by atoms with Gasteiger partial charge in [-0.3, -0.25) is 0 Å². The smallest absolute Gasteiger partial charge is 0.145 e. The van der Waals surface area contributed by atoms with Crippen LogP contribution in [0.3, 0.4) is 0 Å². The monoisotopic (exact) mass is 317 g/mol. The van der Waals surface area contributed by atoms with Crippen molar-refractivity contribution in [2.75, 3.05) is 25.0 Å². The second-order valence-corrected chi connectivity index (χ2v) is 5.86. The maximum atomic E-state index is 6.12. The summed E-state index contributed by atoms with van der Waals surface area (Å²) < 4.78 is 0.903. The molecule has 1 aromatic heterocycles. The summed E-state index contributed by atoms with van der Waals surface area (Å²) in [5, 5.41) is 4.02. The minimum atomic E-state index is 0.360. The van der Waals surface area contributed by atoms with Crippen molar-refractivity contribution >= 4 is 33.3 Å². The highest BCUT2D eigenvalue weighted by Crippen LogP contribution is 2.23. The minimum Gasteiger partial charge on any atom is -0.365 e. The molecule has 1 atom stereocenters. The molecule has 1 fully saturated rings. The minimum absolute atomic E-state index is 0.360. The van der Waals surface area contributed by atoms with E-state index >= 15 is 0 Å². The predicted octanol–water partition coefficient (Wildman–Crippen LogP) is 3.39. The molecule has 0 aromatic carbocycles. The van der Waals surface area contributed by atoms with Crippen molar-refractivity contribution in [1.82, 2.24) is 9.88 Å². The zero-order valence-corrected chi connectivity index (χ0v) is 12.3. The number of aromatic nitrogens is 1. The van der Waals surface area contributed by atoms with Gasteiger partial charge in [0, 0.05) is 23.3 Å². The average Bonchev–Trinajstić information content (AvgIpc) is 2.75. The van der Waals surface area contributed by atoms with Crippen LogP contribution in [0, 0.1) is 0 Å². The second-order valence-electron chi connectivity index (χ2n) is 4.54. The molecule has 17 heavy (non-hydrogen) atoms. The number of rotatable bonds is 4. The Morgan fingerprint density at radius 1 is 1.53 bits per heavy atom. The first-order valence-electron chi connectivity index (χ1n) is 5.95. The molecule has 0 saturated carbocycles. The van der Waals surface area contributed by atoms with Gasteiger partial charge in [-0.1, -0.05) is 11.6 Å². The van der Waals surface area contributed by atoms with E-state index in [0.717, 1.165) is 16.8 Å². The first kappa shape index (κ1) is 13.1. The molecule has 1 aliphatic rings. The third-order valence-electron chi connectivity index (χ3n) is 2.92. The Morgan fingerprint density at radius 3 is 2.88 bits per heavy atom. The van der Waals surface area contributed by atoms with Gasteiger partial charge in [0.1, 0.15) is 5.82 Å². The maximum Gasteiger partial charge on any atom is 0.145 e. The number of hydrogen-bond donors (Lipinski definition) is 1. The van der Waals surface area contributed by atoms with Gasteiger partial charge >= 0.3 is 0 Å². The van der Waals surface area contributed by atoms with Crippen molar-refractivity contribution in [3.8, 4) is 0 Å². The molecule has 3 nitrogen and oxygen atoms in total. The number of nitrogens with one attached hydrogen (secondary N) is 1. The van der Waals surface area contributed by atoms with Gasteiger partial charge in [0.2, 0.25) is 0 Å². The van der Waals surface area contributed by atoms with Crippen molar-refractivity contribution in [2.45, 2.75) is 25.8 Å². The van der Waals surface area contributed by atoms with Crippen LogP contribution in [0.4, 0.5) is 5.82 Å². The van der Waals surface area contributed by atoms with Gasteiger partial charge in [-0.25, -0.2) is 4.98 Å². The number of nitrogens with zero attached hydrogens (tertiary/aromatic N) is 2. The second kappa shape index (κ2) is 6.03. The Kier molecular flexibility index (Phi) is 4.65. The van der Waals surface area contributed by atoms with Crippen LogP contribution in [0.1, 0.15) is 19.8 Å². The van der Waals surface area contributed by atoms with Crippen LogP contribution >= 0.6 is 27.5 Å². The summed E-state index contributed by atoms with van der Waals surface area (Å²) in [5.74, 6) is 0.765. The summed E-state index contributed by atoms with van der Waals surface area (Å²) in [6.45, 7) is 5.65. The highest BCUT2D eigenvalue weighted by Gasteiger charge is 2.15. The molecular weight excluding hydrogens is 302 g/mol. The molecule has 2 rings (SSSR count). The van der Waals surface area contributed by atoms with Gasteiger partial charge in [0.05, 0.1) is 5.02 Å². The van der Waals surface area contributed by atoms with E-state index in [4.69, 9.17) is 11.6 Å².